The fraction of sp³-hybridized carbons (Fsp3) is 0.385. The highest BCUT2D eigenvalue weighted by Gasteiger charge is 2.29. The Balaban J connectivity index is 2.21. The molecule has 1 aliphatic heterocycles. The molecule has 0 radical (unpaired) electrons. The lowest BCUT2D eigenvalue weighted by atomic mass is 10.2. The molecule has 114 valence electrons. The first-order chi connectivity index (χ1) is 9.95. The van der Waals surface area contributed by atoms with E-state index in [1.54, 1.807) is 6.92 Å². The van der Waals surface area contributed by atoms with E-state index in [0.29, 0.717) is 6.54 Å². The maximum Gasteiger partial charge on any atom is 0.338 e. The van der Waals surface area contributed by atoms with E-state index < -0.39 is 16.0 Å². The van der Waals surface area contributed by atoms with Gasteiger partial charge in [0.25, 0.3) is 0 Å². The highest BCUT2D eigenvalue weighted by molar-refractivity contribution is 7.89. The van der Waals surface area contributed by atoms with Crippen LogP contribution in [0.2, 0.25) is 0 Å². The molecule has 21 heavy (non-hydrogen) atoms. The molecule has 1 aromatic rings. The van der Waals surface area contributed by atoms with Crippen molar-refractivity contribution in [2.45, 2.75) is 11.8 Å². The molecular formula is C13H16N2O5S. The summed E-state index contributed by atoms with van der Waals surface area (Å²) < 4.78 is 30.7. The van der Waals surface area contributed by atoms with E-state index in [9.17, 15) is 18.0 Å². The van der Waals surface area contributed by atoms with Gasteiger partial charge in [0.05, 0.1) is 23.6 Å². The number of piperazine rings is 1. The van der Waals surface area contributed by atoms with Gasteiger partial charge in [0, 0.05) is 13.1 Å². The molecule has 1 amide bonds. The summed E-state index contributed by atoms with van der Waals surface area (Å²) in [7, 11) is -3.73. The number of carbonyl (C=O) groups excluding carboxylic acids is 2. The predicted octanol–water partition coefficient (Wildman–Crippen LogP) is -0.0162. The Hall–Kier alpha value is -1.93. The fourth-order valence-corrected chi connectivity index (χ4v) is 3.34. The molecule has 0 saturated carbocycles. The van der Waals surface area contributed by atoms with Crippen LogP contribution in [0.1, 0.15) is 17.3 Å². The third kappa shape index (κ3) is 3.40. The smallest absolute Gasteiger partial charge is 0.338 e. The van der Waals surface area contributed by atoms with Gasteiger partial charge >= 0.3 is 5.97 Å². The summed E-state index contributed by atoms with van der Waals surface area (Å²) in [5.41, 5.74) is 0.284. The number of ether oxygens (including phenoxy) is 1. The van der Waals surface area contributed by atoms with Gasteiger partial charge in [0.2, 0.25) is 15.9 Å². The zero-order valence-corrected chi connectivity index (χ0v) is 12.4. The van der Waals surface area contributed by atoms with Gasteiger partial charge in [0.15, 0.2) is 0 Å². The van der Waals surface area contributed by atoms with Crippen molar-refractivity contribution >= 4 is 21.9 Å². The molecule has 0 aliphatic carbocycles. The maximum absolute atomic E-state index is 12.4. The largest absolute Gasteiger partial charge is 0.462 e. The van der Waals surface area contributed by atoms with E-state index in [0.717, 1.165) is 4.31 Å². The van der Waals surface area contributed by atoms with Crippen molar-refractivity contribution in [3.8, 4) is 0 Å². The standard InChI is InChI=1S/C13H16N2O5S/c1-2-20-13(17)10-3-5-11(6-4-10)21(18,19)15-8-7-14-12(16)9-15/h3-6H,2,7-9H2,1H3,(H,14,16). The summed E-state index contributed by atoms with van der Waals surface area (Å²) in [6.45, 7) is 2.27. The van der Waals surface area contributed by atoms with Crippen LogP contribution in [0, 0.1) is 0 Å². The van der Waals surface area contributed by atoms with Gasteiger partial charge in [-0.15, -0.1) is 0 Å². The number of rotatable bonds is 4. The summed E-state index contributed by atoms with van der Waals surface area (Å²) in [5, 5.41) is 2.57. The molecule has 0 bridgehead atoms. The van der Waals surface area contributed by atoms with Gasteiger partial charge in [-0.25, -0.2) is 13.2 Å². The van der Waals surface area contributed by atoms with Crippen LogP contribution >= 0.6 is 0 Å². The normalized spacial score (nSPS) is 16.3. The zero-order valence-electron chi connectivity index (χ0n) is 11.5. The number of amides is 1. The average Bonchev–Trinajstić information content (AvgIpc) is 2.47. The Morgan fingerprint density at radius 2 is 2.00 bits per heavy atom. The van der Waals surface area contributed by atoms with Crippen LogP contribution in [0.25, 0.3) is 0 Å². The van der Waals surface area contributed by atoms with Gasteiger partial charge in [-0.1, -0.05) is 0 Å². The number of esters is 1. The molecule has 0 aromatic heterocycles. The molecule has 1 aromatic carbocycles. The molecule has 0 atom stereocenters. The molecule has 1 saturated heterocycles. The van der Waals surface area contributed by atoms with Crippen LogP contribution in [0.4, 0.5) is 0 Å². The molecule has 0 spiro atoms. The van der Waals surface area contributed by atoms with E-state index in [-0.39, 0.29) is 36.1 Å². The number of sulfonamides is 1. The first-order valence-electron chi connectivity index (χ1n) is 6.49. The minimum atomic E-state index is -3.73. The van der Waals surface area contributed by atoms with E-state index >= 15 is 0 Å². The molecule has 1 aliphatic rings. The summed E-state index contributed by atoms with van der Waals surface area (Å²) >= 11 is 0. The number of hydrogen-bond acceptors (Lipinski definition) is 5. The maximum atomic E-state index is 12.4. The van der Waals surface area contributed by atoms with Crippen molar-refractivity contribution in [2.75, 3.05) is 26.2 Å². The van der Waals surface area contributed by atoms with Crippen molar-refractivity contribution in [3.63, 3.8) is 0 Å². The topological polar surface area (TPSA) is 92.8 Å². The Labute approximate surface area is 122 Å². The second-order valence-corrected chi connectivity index (χ2v) is 6.37. The molecule has 0 unspecified atom stereocenters. The van der Waals surface area contributed by atoms with E-state index in [1.165, 1.54) is 24.3 Å². The molecule has 2 rings (SSSR count). The SMILES string of the molecule is CCOC(=O)c1ccc(S(=O)(=O)N2CCNC(=O)C2)cc1. The lowest BCUT2D eigenvalue weighted by Crippen LogP contribution is -2.49. The van der Waals surface area contributed by atoms with Crippen LogP contribution in [-0.2, 0) is 19.6 Å². The minimum Gasteiger partial charge on any atom is -0.462 e. The van der Waals surface area contributed by atoms with Gasteiger partial charge in [-0.2, -0.15) is 4.31 Å². The number of nitrogens with one attached hydrogen (secondary N) is 1. The zero-order chi connectivity index (χ0) is 15.5. The van der Waals surface area contributed by atoms with Gasteiger partial charge in [0.1, 0.15) is 0 Å². The van der Waals surface area contributed by atoms with Gasteiger partial charge < -0.3 is 10.1 Å². The summed E-state index contributed by atoms with van der Waals surface area (Å²) in [4.78, 5) is 22.9. The number of hydrogen-bond donors (Lipinski definition) is 1. The van der Waals surface area contributed by atoms with Crippen molar-refractivity contribution in [1.82, 2.24) is 9.62 Å². The summed E-state index contributed by atoms with van der Waals surface area (Å²) in [6.07, 6.45) is 0. The Bertz CT molecular complexity index is 639. The lowest BCUT2D eigenvalue weighted by Gasteiger charge is -2.25. The van der Waals surface area contributed by atoms with Crippen LogP contribution in [-0.4, -0.2) is 50.8 Å². The summed E-state index contributed by atoms with van der Waals surface area (Å²) in [6, 6.07) is 5.48. The number of benzene rings is 1. The van der Waals surface area contributed by atoms with Gasteiger partial charge in [-0.3, -0.25) is 4.79 Å². The third-order valence-electron chi connectivity index (χ3n) is 3.01. The van der Waals surface area contributed by atoms with Gasteiger partial charge in [-0.05, 0) is 31.2 Å². The third-order valence-corrected chi connectivity index (χ3v) is 4.87. The molecule has 1 N–H and O–H groups in total. The Kier molecular flexibility index (Phi) is 4.59. The van der Waals surface area contributed by atoms with Crippen LogP contribution in [0.3, 0.4) is 0 Å². The second kappa shape index (κ2) is 6.23. The monoisotopic (exact) mass is 312 g/mol. The van der Waals surface area contributed by atoms with E-state index in [4.69, 9.17) is 4.74 Å². The lowest BCUT2D eigenvalue weighted by molar-refractivity contribution is -0.122. The van der Waals surface area contributed by atoms with Crippen LogP contribution in [0.15, 0.2) is 29.2 Å². The molecule has 8 heteroatoms. The highest BCUT2D eigenvalue weighted by atomic mass is 32.2. The quantitative estimate of drug-likeness (QED) is 0.789. The van der Waals surface area contributed by atoms with Crippen LogP contribution in [0.5, 0.6) is 0 Å². The number of nitrogens with zero attached hydrogens (tertiary/aromatic N) is 1. The minimum absolute atomic E-state index is 0.0465. The van der Waals surface area contributed by atoms with Crippen molar-refractivity contribution in [2.24, 2.45) is 0 Å². The van der Waals surface area contributed by atoms with Crippen molar-refractivity contribution < 1.29 is 22.7 Å². The van der Waals surface area contributed by atoms with E-state index in [2.05, 4.69) is 5.32 Å². The van der Waals surface area contributed by atoms with E-state index in [1.807, 2.05) is 0 Å². The highest BCUT2D eigenvalue weighted by Crippen LogP contribution is 2.17. The second-order valence-electron chi connectivity index (χ2n) is 4.43. The van der Waals surface area contributed by atoms with Crippen molar-refractivity contribution in [1.29, 1.82) is 0 Å². The molecule has 1 heterocycles. The van der Waals surface area contributed by atoms with Crippen LogP contribution < -0.4 is 5.32 Å². The average molecular weight is 312 g/mol. The fourth-order valence-electron chi connectivity index (χ4n) is 1.95. The molecule has 7 nitrogen and oxygen atoms in total. The van der Waals surface area contributed by atoms with Crippen molar-refractivity contribution in [3.05, 3.63) is 29.8 Å². The Morgan fingerprint density at radius 1 is 1.33 bits per heavy atom. The molecule has 1 fully saturated rings. The first-order valence-corrected chi connectivity index (χ1v) is 7.93. The predicted molar refractivity (Wildman–Crippen MR) is 74.2 cm³/mol. The molecular weight excluding hydrogens is 296 g/mol. The summed E-state index contributed by atoms with van der Waals surface area (Å²) in [5.74, 6) is -0.827. The Morgan fingerprint density at radius 3 is 2.57 bits per heavy atom. The number of carbonyl (C=O) groups is 2. The first kappa shape index (κ1) is 15.5.